The number of nitrogens with two attached hydrogens (primary N) is 1. The van der Waals surface area contributed by atoms with E-state index in [2.05, 4.69) is 13.8 Å². The minimum Gasteiger partial charge on any atom is -0.744 e. The van der Waals surface area contributed by atoms with Crippen LogP contribution in [0.15, 0.2) is 23.1 Å². The lowest BCUT2D eigenvalue weighted by Gasteiger charge is -2.19. The number of hydrogen-bond acceptors (Lipinski definition) is 5. The third-order valence-electron chi connectivity index (χ3n) is 5.20. The summed E-state index contributed by atoms with van der Waals surface area (Å²) in [6, 6.07) is 4.90. The van der Waals surface area contributed by atoms with Gasteiger partial charge in [0.1, 0.15) is 20.7 Å². The topological polar surface area (TPSA) is 92.3 Å². The van der Waals surface area contributed by atoms with Crippen molar-refractivity contribution >= 4 is 15.8 Å². The largest absolute Gasteiger partial charge is 0.744 e. The number of hydrogen-bond donors (Lipinski definition) is 1. The molecule has 7 heteroatoms. The number of para-hydroxylation sites is 1. The Morgan fingerprint density at radius 2 is 1.53 bits per heavy atom. The fourth-order valence-corrected chi connectivity index (χ4v) is 4.28. The van der Waals surface area contributed by atoms with Crippen molar-refractivity contribution < 1.29 is 27.8 Å². The fourth-order valence-electron chi connectivity index (χ4n) is 3.51. The van der Waals surface area contributed by atoms with Crippen LogP contribution < -0.4 is 5.32 Å². The summed E-state index contributed by atoms with van der Waals surface area (Å²) < 4.78 is 46.5. The monoisotopic (exact) mass is 443 g/mol. The van der Waals surface area contributed by atoms with E-state index in [1.807, 2.05) is 6.07 Å². The number of rotatable bonds is 18. The zero-order valence-corrected chi connectivity index (χ0v) is 19.8. The van der Waals surface area contributed by atoms with Crippen LogP contribution in [0.5, 0.6) is 0 Å². The summed E-state index contributed by atoms with van der Waals surface area (Å²) in [6.45, 7) is 5.80. The molecule has 0 aromatic heterocycles. The Kier molecular flexibility index (Phi) is 14.2. The summed E-state index contributed by atoms with van der Waals surface area (Å²) in [6.07, 6.45) is 11.3. The van der Waals surface area contributed by atoms with Gasteiger partial charge in [0.2, 0.25) is 0 Å². The Morgan fingerprint density at radius 1 is 0.933 bits per heavy atom. The lowest BCUT2D eigenvalue weighted by Crippen LogP contribution is -2.73. The van der Waals surface area contributed by atoms with Crippen LogP contribution in [-0.2, 0) is 26.0 Å². The van der Waals surface area contributed by atoms with Crippen molar-refractivity contribution in [2.45, 2.75) is 95.7 Å². The van der Waals surface area contributed by atoms with Gasteiger partial charge >= 0.3 is 0 Å². The van der Waals surface area contributed by atoms with Crippen LogP contribution in [-0.4, -0.2) is 39.5 Å². The molecule has 0 spiro atoms. The minimum absolute atomic E-state index is 0.140. The zero-order valence-electron chi connectivity index (χ0n) is 19.0. The number of ether oxygens (including phenoxy) is 2. The molecule has 2 N–H and O–H groups in total. The molecule has 0 bridgehead atoms. The zero-order chi connectivity index (χ0) is 22.2. The lowest BCUT2D eigenvalue weighted by atomic mass is 10.1. The Balaban J connectivity index is 2.60. The highest BCUT2D eigenvalue weighted by molar-refractivity contribution is 7.85. The molecule has 0 unspecified atom stereocenters. The molecule has 0 amide bonds. The van der Waals surface area contributed by atoms with E-state index in [4.69, 9.17) is 9.47 Å². The van der Waals surface area contributed by atoms with E-state index in [1.54, 1.807) is 18.4 Å². The van der Waals surface area contributed by atoms with E-state index in [9.17, 15) is 13.0 Å². The number of quaternary nitrogens is 1. The fraction of sp³-hybridized carbons (Fsp3) is 0.739. The third kappa shape index (κ3) is 10.9. The molecule has 0 aliphatic rings. The van der Waals surface area contributed by atoms with Gasteiger partial charge in [-0.05, 0) is 38.2 Å². The molecule has 6 nitrogen and oxygen atoms in total. The number of aryl methyl sites for hydroxylation is 1. The molecule has 1 rings (SSSR count). The van der Waals surface area contributed by atoms with Crippen molar-refractivity contribution in [3.8, 4) is 0 Å². The molecule has 1 aromatic rings. The predicted molar refractivity (Wildman–Crippen MR) is 119 cm³/mol. The molecule has 1 aromatic carbocycles. The Hall–Kier alpha value is -0.990. The first kappa shape index (κ1) is 27.0. The van der Waals surface area contributed by atoms with E-state index in [1.165, 1.54) is 44.6 Å². The standard InChI is InChI=1S/C23H41NO5S/c1-4-6-8-10-18-28-22(29-19-11-9-7-5-2)17-13-15-20-14-12-16-21(23(20)24-3)30(25,26)27/h12,14,16,22,24H,4-11,13,15,17-19H2,1-3H3,(H,25,26,27). The van der Waals surface area contributed by atoms with Gasteiger partial charge in [-0.1, -0.05) is 64.5 Å². The SMILES string of the molecule is CCCCCCOC(CCCc1cccc(S(=O)(=O)[O-])c1[NH2+]C)OCCCCCC. The van der Waals surface area contributed by atoms with Crippen LogP contribution in [0.3, 0.4) is 0 Å². The van der Waals surface area contributed by atoms with E-state index in [0.717, 1.165) is 31.2 Å². The van der Waals surface area contributed by atoms with Crippen molar-refractivity contribution in [1.29, 1.82) is 0 Å². The maximum absolute atomic E-state index is 11.5. The minimum atomic E-state index is -4.48. The highest BCUT2D eigenvalue weighted by Gasteiger charge is 2.16. The second kappa shape index (κ2) is 15.8. The van der Waals surface area contributed by atoms with Gasteiger partial charge in [-0.2, -0.15) is 0 Å². The summed E-state index contributed by atoms with van der Waals surface area (Å²) in [7, 11) is -2.72. The smallest absolute Gasteiger partial charge is 0.157 e. The van der Waals surface area contributed by atoms with Crippen LogP contribution in [0.1, 0.15) is 83.6 Å². The van der Waals surface area contributed by atoms with Crippen molar-refractivity contribution in [2.24, 2.45) is 0 Å². The first-order chi connectivity index (χ1) is 14.4. The van der Waals surface area contributed by atoms with E-state index < -0.39 is 10.1 Å². The second-order valence-corrected chi connectivity index (χ2v) is 9.10. The third-order valence-corrected chi connectivity index (χ3v) is 6.10. The highest BCUT2D eigenvalue weighted by atomic mass is 32.2. The lowest BCUT2D eigenvalue weighted by molar-refractivity contribution is -0.542. The molecular weight excluding hydrogens is 402 g/mol. The molecule has 30 heavy (non-hydrogen) atoms. The van der Waals surface area contributed by atoms with Gasteiger partial charge < -0.3 is 19.3 Å². The number of benzene rings is 1. The number of unbranched alkanes of at least 4 members (excludes halogenated alkanes) is 6. The van der Waals surface area contributed by atoms with E-state index >= 15 is 0 Å². The second-order valence-electron chi connectivity index (χ2n) is 7.76. The van der Waals surface area contributed by atoms with Crippen molar-refractivity contribution in [1.82, 2.24) is 0 Å². The summed E-state index contributed by atoms with van der Waals surface area (Å²) in [4.78, 5) is -0.140. The normalized spacial score (nSPS) is 12.0. The van der Waals surface area contributed by atoms with Gasteiger partial charge in [-0.3, -0.25) is 0 Å². The molecule has 0 radical (unpaired) electrons. The maximum atomic E-state index is 11.5. The van der Waals surface area contributed by atoms with Crippen molar-refractivity contribution in [3.05, 3.63) is 23.8 Å². The average molecular weight is 444 g/mol. The summed E-state index contributed by atoms with van der Waals surface area (Å²) >= 11 is 0. The van der Waals surface area contributed by atoms with Gasteiger partial charge in [-0.25, -0.2) is 8.42 Å². The Bertz CT molecular complexity index is 664. The van der Waals surface area contributed by atoms with Gasteiger partial charge in [0.05, 0.1) is 7.05 Å². The Labute approximate surface area is 183 Å². The molecule has 0 heterocycles. The quantitative estimate of drug-likeness (QED) is 0.158. The summed E-state index contributed by atoms with van der Waals surface area (Å²) in [5.41, 5.74) is 1.39. The molecule has 0 fully saturated rings. The molecule has 174 valence electrons. The molecule has 0 atom stereocenters. The van der Waals surface area contributed by atoms with Crippen LogP contribution in [0.4, 0.5) is 5.69 Å². The molecule has 0 aliphatic carbocycles. The molecule has 0 saturated carbocycles. The Morgan fingerprint density at radius 3 is 2.03 bits per heavy atom. The van der Waals surface area contributed by atoms with Gasteiger partial charge in [0.25, 0.3) is 0 Å². The summed E-state index contributed by atoms with van der Waals surface area (Å²) in [5.74, 6) is 0. The van der Waals surface area contributed by atoms with Gasteiger partial charge in [0, 0.05) is 18.8 Å². The summed E-state index contributed by atoms with van der Waals surface area (Å²) in [5, 5.41) is 1.70. The van der Waals surface area contributed by atoms with Crippen molar-refractivity contribution in [2.75, 3.05) is 20.3 Å². The van der Waals surface area contributed by atoms with E-state index in [0.29, 0.717) is 25.3 Å². The van der Waals surface area contributed by atoms with Crippen LogP contribution in [0, 0.1) is 0 Å². The first-order valence-corrected chi connectivity index (χ1v) is 12.9. The predicted octanol–water partition coefficient (Wildman–Crippen LogP) is 4.26. The maximum Gasteiger partial charge on any atom is 0.157 e. The van der Waals surface area contributed by atoms with Gasteiger partial charge in [-0.15, -0.1) is 0 Å². The van der Waals surface area contributed by atoms with E-state index in [-0.39, 0.29) is 11.2 Å². The highest BCUT2D eigenvalue weighted by Crippen LogP contribution is 2.23. The first-order valence-electron chi connectivity index (χ1n) is 11.5. The van der Waals surface area contributed by atoms with Crippen LogP contribution in [0.2, 0.25) is 0 Å². The van der Waals surface area contributed by atoms with Crippen LogP contribution >= 0.6 is 0 Å². The molecule has 0 aliphatic heterocycles. The van der Waals surface area contributed by atoms with Crippen molar-refractivity contribution in [3.63, 3.8) is 0 Å². The van der Waals surface area contributed by atoms with Crippen LogP contribution in [0.25, 0.3) is 0 Å². The average Bonchev–Trinajstić information content (AvgIpc) is 2.72. The molecule has 0 saturated heterocycles. The molecular formula is C23H41NO5S. The van der Waals surface area contributed by atoms with Gasteiger partial charge in [0.15, 0.2) is 6.29 Å².